The first-order valence-electron chi connectivity index (χ1n) is 8.17. The van der Waals surface area contributed by atoms with Crippen molar-refractivity contribution in [2.75, 3.05) is 5.32 Å². The first-order chi connectivity index (χ1) is 11.6. The van der Waals surface area contributed by atoms with E-state index in [0.29, 0.717) is 22.6 Å². The van der Waals surface area contributed by atoms with E-state index < -0.39 is 0 Å². The molecule has 2 aromatic rings. The molecule has 1 fully saturated rings. The van der Waals surface area contributed by atoms with Crippen LogP contribution in [0.2, 0.25) is 0 Å². The number of phenols is 1. The van der Waals surface area contributed by atoms with Crippen molar-refractivity contribution < 1.29 is 10.2 Å². The van der Waals surface area contributed by atoms with Crippen molar-refractivity contribution in [1.29, 1.82) is 0 Å². The van der Waals surface area contributed by atoms with Gasteiger partial charge in [-0.05, 0) is 49.6 Å². The van der Waals surface area contributed by atoms with Crippen molar-refractivity contribution in [3.63, 3.8) is 0 Å². The Balaban J connectivity index is 1.84. The summed E-state index contributed by atoms with van der Waals surface area (Å²) >= 11 is 0. The number of anilines is 1. The number of nitrogens with one attached hydrogen (secondary N) is 1. The zero-order valence-electron chi connectivity index (χ0n) is 13.7. The Morgan fingerprint density at radius 2 is 2.00 bits per heavy atom. The molecule has 0 spiro atoms. The third-order valence-corrected chi connectivity index (χ3v) is 4.47. The van der Waals surface area contributed by atoms with Gasteiger partial charge in [-0.25, -0.2) is 0 Å². The van der Waals surface area contributed by atoms with E-state index >= 15 is 0 Å². The predicted octanol–water partition coefficient (Wildman–Crippen LogP) is 2.85. The standard InChI is InChI=1S/C19H21N3O2/c1-3-13-8-9-14(17(24)11-13)19-12(2)10-18(21-22-19)20-15-6-4-5-7-16(15)23/h1,8-11,15-16,23-24H,4-7H2,2H3,(H,20,21)/t15-,16-/m1/s1. The Morgan fingerprint density at radius 1 is 1.21 bits per heavy atom. The number of aliphatic hydroxyl groups is 1. The van der Waals surface area contributed by atoms with Crippen molar-refractivity contribution in [2.24, 2.45) is 0 Å². The van der Waals surface area contributed by atoms with Crippen LogP contribution in [-0.2, 0) is 0 Å². The van der Waals surface area contributed by atoms with Crippen LogP contribution in [0.3, 0.4) is 0 Å². The molecule has 0 bridgehead atoms. The lowest BCUT2D eigenvalue weighted by Crippen LogP contribution is -2.36. The van der Waals surface area contributed by atoms with Crippen molar-refractivity contribution in [3.8, 4) is 29.4 Å². The molecule has 0 amide bonds. The molecule has 5 nitrogen and oxygen atoms in total. The van der Waals surface area contributed by atoms with Crippen LogP contribution in [0.4, 0.5) is 5.82 Å². The SMILES string of the molecule is C#Cc1ccc(-c2nnc(N[C@@H]3CCCC[C@H]3O)cc2C)c(O)c1. The van der Waals surface area contributed by atoms with E-state index in [0.717, 1.165) is 31.2 Å². The summed E-state index contributed by atoms with van der Waals surface area (Å²) in [6, 6.07) is 6.96. The lowest BCUT2D eigenvalue weighted by molar-refractivity contribution is 0.116. The average molecular weight is 323 g/mol. The minimum absolute atomic E-state index is 0.0154. The summed E-state index contributed by atoms with van der Waals surface area (Å²) in [7, 11) is 0. The number of hydrogen-bond acceptors (Lipinski definition) is 5. The molecule has 1 aliphatic rings. The van der Waals surface area contributed by atoms with Gasteiger partial charge in [0.1, 0.15) is 11.6 Å². The second-order valence-corrected chi connectivity index (χ2v) is 6.24. The van der Waals surface area contributed by atoms with Gasteiger partial charge >= 0.3 is 0 Å². The van der Waals surface area contributed by atoms with Crippen LogP contribution in [-0.4, -0.2) is 32.6 Å². The van der Waals surface area contributed by atoms with Gasteiger partial charge < -0.3 is 15.5 Å². The van der Waals surface area contributed by atoms with Gasteiger partial charge in [-0.2, -0.15) is 0 Å². The summed E-state index contributed by atoms with van der Waals surface area (Å²) in [5, 5.41) is 31.9. The van der Waals surface area contributed by atoms with Gasteiger partial charge in [0.15, 0.2) is 0 Å². The fourth-order valence-electron chi connectivity index (χ4n) is 3.11. The third kappa shape index (κ3) is 3.34. The van der Waals surface area contributed by atoms with Crippen LogP contribution in [0.1, 0.15) is 36.8 Å². The van der Waals surface area contributed by atoms with Gasteiger partial charge in [-0.1, -0.05) is 18.8 Å². The summed E-state index contributed by atoms with van der Waals surface area (Å²) in [4.78, 5) is 0. The smallest absolute Gasteiger partial charge is 0.149 e. The molecule has 1 saturated carbocycles. The average Bonchev–Trinajstić information content (AvgIpc) is 2.57. The first kappa shape index (κ1) is 16.3. The molecule has 24 heavy (non-hydrogen) atoms. The quantitative estimate of drug-likeness (QED) is 0.757. The molecule has 1 heterocycles. The van der Waals surface area contributed by atoms with Crippen LogP contribution in [0.15, 0.2) is 24.3 Å². The number of hydrogen-bond donors (Lipinski definition) is 3. The van der Waals surface area contributed by atoms with Crippen LogP contribution in [0, 0.1) is 19.3 Å². The summed E-state index contributed by atoms with van der Waals surface area (Å²) in [6.07, 6.45) is 8.91. The first-order valence-corrected chi connectivity index (χ1v) is 8.17. The number of nitrogens with zero attached hydrogens (tertiary/aromatic N) is 2. The third-order valence-electron chi connectivity index (χ3n) is 4.47. The van der Waals surface area contributed by atoms with E-state index in [9.17, 15) is 10.2 Å². The zero-order chi connectivity index (χ0) is 17.1. The molecular formula is C19H21N3O2. The molecule has 0 aliphatic heterocycles. The maximum absolute atomic E-state index is 10.2. The van der Waals surface area contributed by atoms with Gasteiger partial charge in [0.05, 0.1) is 17.8 Å². The summed E-state index contributed by atoms with van der Waals surface area (Å²) in [5.74, 6) is 3.22. The van der Waals surface area contributed by atoms with E-state index in [1.165, 1.54) is 0 Å². The molecule has 1 aromatic carbocycles. The van der Waals surface area contributed by atoms with Gasteiger partial charge in [-0.15, -0.1) is 16.6 Å². The molecule has 0 unspecified atom stereocenters. The van der Waals surface area contributed by atoms with Gasteiger partial charge in [0, 0.05) is 11.1 Å². The number of phenolic OH excluding ortho intramolecular Hbond substituents is 1. The Morgan fingerprint density at radius 3 is 2.67 bits per heavy atom. The van der Waals surface area contributed by atoms with Crippen molar-refractivity contribution >= 4 is 5.82 Å². The Kier molecular flexibility index (Phi) is 4.68. The Bertz CT molecular complexity index is 783. The second-order valence-electron chi connectivity index (χ2n) is 6.24. The zero-order valence-corrected chi connectivity index (χ0v) is 13.7. The monoisotopic (exact) mass is 323 g/mol. The summed E-state index contributed by atoms with van der Waals surface area (Å²) in [5.41, 5.74) is 2.72. The largest absolute Gasteiger partial charge is 0.507 e. The van der Waals surface area contributed by atoms with Gasteiger partial charge in [0.25, 0.3) is 0 Å². The molecule has 5 heteroatoms. The summed E-state index contributed by atoms with van der Waals surface area (Å²) in [6.45, 7) is 1.92. The number of aliphatic hydroxyl groups excluding tert-OH is 1. The second kappa shape index (κ2) is 6.90. The lowest BCUT2D eigenvalue weighted by atomic mass is 9.92. The van der Waals surface area contributed by atoms with E-state index in [-0.39, 0.29) is 17.9 Å². The molecule has 0 radical (unpaired) electrons. The number of aryl methyl sites for hydroxylation is 1. The van der Waals surface area contributed by atoms with E-state index in [1.807, 2.05) is 13.0 Å². The number of rotatable bonds is 3. The highest BCUT2D eigenvalue weighted by Crippen LogP contribution is 2.31. The Labute approximate surface area is 141 Å². The van der Waals surface area contributed by atoms with Crippen molar-refractivity contribution in [3.05, 3.63) is 35.4 Å². The van der Waals surface area contributed by atoms with Crippen LogP contribution < -0.4 is 5.32 Å². The lowest BCUT2D eigenvalue weighted by Gasteiger charge is -2.28. The van der Waals surface area contributed by atoms with Crippen molar-refractivity contribution in [2.45, 2.75) is 44.8 Å². The molecule has 124 valence electrons. The molecule has 0 saturated heterocycles. The van der Waals surface area contributed by atoms with Crippen LogP contribution in [0.25, 0.3) is 11.3 Å². The summed E-state index contributed by atoms with van der Waals surface area (Å²) < 4.78 is 0. The molecule has 3 N–H and O–H groups in total. The van der Waals surface area contributed by atoms with Gasteiger partial charge in [-0.3, -0.25) is 0 Å². The Hall–Kier alpha value is -2.58. The number of aromatic hydroxyl groups is 1. The van der Waals surface area contributed by atoms with E-state index in [2.05, 4.69) is 21.4 Å². The van der Waals surface area contributed by atoms with E-state index in [1.54, 1.807) is 18.2 Å². The fraction of sp³-hybridized carbons (Fsp3) is 0.368. The molecule has 1 aromatic heterocycles. The molecular weight excluding hydrogens is 302 g/mol. The highest BCUT2D eigenvalue weighted by atomic mass is 16.3. The minimum atomic E-state index is -0.346. The maximum Gasteiger partial charge on any atom is 0.149 e. The number of aromatic nitrogens is 2. The normalized spacial score (nSPS) is 20.4. The van der Waals surface area contributed by atoms with Crippen LogP contribution >= 0.6 is 0 Å². The highest BCUT2D eigenvalue weighted by molar-refractivity contribution is 5.71. The molecule has 2 atom stereocenters. The minimum Gasteiger partial charge on any atom is -0.507 e. The van der Waals surface area contributed by atoms with Crippen molar-refractivity contribution in [1.82, 2.24) is 10.2 Å². The molecule has 3 rings (SSSR count). The van der Waals surface area contributed by atoms with Gasteiger partial charge in [0.2, 0.25) is 0 Å². The number of terminal acetylenes is 1. The van der Waals surface area contributed by atoms with Crippen LogP contribution in [0.5, 0.6) is 5.75 Å². The number of benzene rings is 1. The predicted molar refractivity (Wildman–Crippen MR) is 93.7 cm³/mol. The highest BCUT2D eigenvalue weighted by Gasteiger charge is 2.23. The fourth-order valence-corrected chi connectivity index (χ4v) is 3.11. The topological polar surface area (TPSA) is 78.3 Å². The maximum atomic E-state index is 10.2. The van der Waals surface area contributed by atoms with E-state index in [4.69, 9.17) is 6.42 Å². The molecule has 1 aliphatic carbocycles.